The highest BCUT2D eigenvalue weighted by Gasteiger charge is 2.36. The van der Waals surface area contributed by atoms with Crippen molar-refractivity contribution in [3.8, 4) is 11.1 Å². The zero-order chi connectivity index (χ0) is 26.0. The fourth-order valence-corrected chi connectivity index (χ4v) is 5.53. The van der Waals surface area contributed by atoms with E-state index in [-0.39, 0.29) is 25.2 Å². The van der Waals surface area contributed by atoms with Crippen LogP contribution >= 0.6 is 0 Å². The fourth-order valence-electron chi connectivity index (χ4n) is 5.53. The molecular weight excluding hydrogens is 458 g/mol. The van der Waals surface area contributed by atoms with Crippen molar-refractivity contribution in [2.24, 2.45) is 0 Å². The van der Waals surface area contributed by atoms with Crippen LogP contribution in [0.1, 0.15) is 41.7 Å². The third kappa shape index (κ3) is 4.80. The lowest BCUT2D eigenvalue weighted by atomic mass is 9.81. The Labute approximate surface area is 219 Å². The van der Waals surface area contributed by atoms with Gasteiger partial charge in [-0.1, -0.05) is 62.4 Å². The van der Waals surface area contributed by atoms with Gasteiger partial charge >= 0.3 is 0 Å². The summed E-state index contributed by atoms with van der Waals surface area (Å²) in [6, 6.07) is 30.1. The van der Waals surface area contributed by atoms with Crippen molar-refractivity contribution in [2.45, 2.75) is 38.5 Å². The van der Waals surface area contributed by atoms with Crippen LogP contribution in [0.15, 0.2) is 84.9 Å². The molecule has 4 aromatic carbocycles. The summed E-state index contributed by atoms with van der Waals surface area (Å²) in [5.41, 5.74) is 11.5. The molecule has 4 heteroatoms. The van der Waals surface area contributed by atoms with Crippen molar-refractivity contribution in [1.82, 2.24) is 0 Å². The van der Waals surface area contributed by atoms with E-state index in [1.165, 1.54) is 22.3 Å². The first-order valence-electron chi connectivity index (χ1n) is 13.0. The number of aliphatic hydroxyl groups is 3. The summed E-state index contributed by atoms with van der Waals surface area (Å²) in [5, 5.41) is 28.1. The largest absolute Gasteiger partial charge is 0.396 e. The Morgan fingerprint density at radius 2 is 0.919 bits per heavy atom. The second-order valence-electron chi connectivity index (χ2n) is 10.3. The molecule has 4 nitrogen and oxygen atoms in total. The lowest BCUT2D eigenvalue weighted by molar-refractivity contribution is 0.299. The van der Waals surface area contributed by atoms with Crippen molar-refractivity contribution in [2.75, 3.05) is 24.7 Å². The van der Waals surface area contributed by atoms with Crippen molar-refractivity contribution in [3.05, 3.63) is 113 Å². The second kappa shape index (κ2) is 10.5. The molecule has 0 heterocycles. The zero-order valence-corrected chi connectivity index (χ0v) is 21.6. The topological polar surface area (TPSA) is 63.9 Å². The predicted molar refractivity (Wildman–Crippen MR) is 151 cm³/mol. The molecule has 0 aromatic heterocycles. The smallest absolute Gasteiger partial charge is 0.0471 e. The molecule has 0 aliphatic heterocycles. The first kappa shape index (κ1) is 25.2. The number of hydrogen-bond donors (Lipinski definition) is 3. The highest BCUT2D eigenvalue weighted by molar-refractivity contribution is 5.85. The first-order chi connectivity index (χ1) is 18.0. The SMILES string of the molecule is CC1(C)c2cc(CCO)ccc2-c2ccc(N(c3ccc(CCO)cc3)c3ccc(CCO)cc3)cc21. The molecule has 0 atom stereocenters. The zero-order valence-electron chi connectivity index (χ0n) is 21.6. The lowest BCUT2D eigenvalue weighted by Crippen LogP contribution is -2.17. The van der Waals surface area contributed by atoms with Crippen LogP contribution in [0.5, 0.6) is 0 Å². The van der Waals surface area contributed by atoms with Crippen molar-refractivity contribution >= 4 is 17.1 Å². The Kier molecular flexibility index (Phi) is 7.16. The summed E-state index contributed by atoms with van der Waals surface area (Å²) in [6.45, 7) is 4.98. The van der Waals surface area contributed by atoms with Crippen LogP contribution in [0.25, 0.3) is 11.1 Å². The van der Waals surface area contributed by atoms with Crippen molar-refractivity contribution in [3.63, 3.8) is 0 Å². The fraction of sp³-hybridized carbons (Fsp3) is 0.273. The molecule has 3 N–H and O–H groups in total. The van der Waals surface area contributed by atoms with Gasteiger partial charge in [0.1, 0.15) is 0 Å². The van der Waals surface area contributed by atoms with E-state index in [1.54, 1.807) is 0 Å². The Hall–Kier alpha value is -3.44. The summed E-state index contributed by atoms with van der Waals surface area (Å²) >= 11 is 0. The average Bonchev–Trinajstić information content (AvgIpc) is 3.13. The van der Waals surface area contributed by atoms with E-state index in [0.29, 0.717) is 19.3 Å². The standard InChI is InChI=1S/C33H35NO3/c1-33(2)31-21-25(17-20-37)7-13-29(31)30-14-12-28(22-32(30)33)34(26-8-3-23(4-9-26)15-18-35)27-10-5-24(6-11-27)16-19-36/h3-14,21-22,35-37H,15-20H2,1-2H3. The molecule has 0 unspecified atom stereocenters. The van der Waals surface area contributed by atoms with E-state index in [9.17, 15) is 15.3 Å². The number of hydrogen-bond acceptors (Lipinski definition) is 4. The molecule has 0 saturated heterocycles. The van der Waals surface area contributed by atoms with E-state index in [4.69, 9.17) is 0 Å². The number of fused-ring (bicyclic) bond motifs is 3. The van der Waals surface area contributed by atoms with Gasteiger partial charge in [-0.25, -0.2) is 0 Å². The Morgan fingerprint density at radius 3 is 1.43 bits per heavy atom. The molecule has 0 fully saturated rings. The molecule has 0 radical (unpaired) electrons. The van der Waals surface area contributed by atoms with Crippen molar-refractivity contribution < 1.29 is 15.3 Å². The van der Waals surface area contributed by atoms with Gasteiger partial charge in [-0.15, -0.1) is 0 Å². The highest BCUT2D eigenvalue weighted by Crippen LogP contribution is 2.51. The van der Waals surface area contributed by atoms with Gasteiger partial charge in [0.15, 0.2) is 0 Å². The van der Waals surface area contributed by atoms with Gasteiger partial charge in [0, 0.05) is 42.3 Å². The molecule has 37 heavy (non-hydrogen) atoms. The number of aliphatic hydroxyl groups excluding tert-OH is 3. The minimum absolute atomic E-state index is 0.135. The maximum Gasteiger partial charge on any atom is 0.0471 e. The van der Waals surface area contributed by atoms with Crippen molar-refractivity contribution in [1.29, 1.82) is 0 Å². The van der Waals surface area contributed by atoms with Crippen LogP contribution in [-0.2, 0) is 24.7 Å². The monoisotopic (exact) mass is 493 g/mol. The summed E-state index contributed by atoms with van der Waals surface area (Å²) in [5.74, 6) is 0. The van der Waals surface area contributed by atoms with Gasteiger partial charge in [-0.2, -0.15) is 0 Å². The predicted octanol–water partition coefficient (Wildman–Crippen LogP) is 6.07. The third-order valence-corrected chi connectivity index (χ3v) is 7.57. The molecule has 4 aromatic rings. The molecule has 1 aliphatic rings. The third-order valence-electron chi connectivity index (χ3n) is 7.57. The Morgan fingerprint density at radius 1 is 0.514 bits per heavy atom. The normalized spacial score (nSPS) is 13.3. The molecular formula is C33H35NO3. The van der Waals surface area contributed by atoms with Crippen LogP contribution in [0.3, 0.4) is 0 Å². The molecule has 0 amide bonds. The number of nitrogens with zero attached hydrogens (tertiary/aromatic N) is 1. The number of anilines is 3. The van der Waals surface area contributed by atoms with Gasteiger partial charge in [-0.3, -0.25) is 0 Å². The van der Waals surface area contributed by atoms with Gasteiger partial charge in [0.25, 0.3) is 0 Å². The summed E-state index contributed by atoms with van der Waals surface area (Å²) < 4.78 is 0. The van der Waals surface area contributed by atoms with E-state index in [2.05, 4.69) is 104 Å². The Bertz CT molecular complexity index is 1320. The van der Waals surface area contributed by atoms with Gasteiger partial charge in [-0.05, 0) is 94.6 Å². The summed E-state index contributed by atoms with van der Waals surface area (Å²) in [6.07, 6.45) is 1.94. The minimum atomic E-state index is -0.159. The van der Waals surface area contributed by atoms with Crippen LogP contribution in [0.2, 0.25) is 0 Å². The first-order valence-corrected chi connectivity index (χ1v) is 13.0. The minimum Gasteiger partial charge on any atom is -0.396 e. The lowest BCUT2D eigenvalue weighted by Gasteiger charge is -2.28. The van der Waals surface area contributed by atoms with E-state index < -0.39 is 0 Å². The van der Waals surface area contributed by atoms with Crippen LogP contribution in [0, 0.1) is 0 Å². The van der Waals surface area contributed by atoms with E-state index in [0.717, 1.165) is 33.8 Å². The van der Waals surface area contributed by atoms with Crippen LogP contribution in [-0.4, -0.2) is 35.1 Å². The molecule has 0 spiro atoms. The quantitative estimate of drug-likeness (QED) is 0.265. The summed E-state index contributed by atoms with van der Waals surface area (Å²) in [4.78, 5) is 2.27. The highest BCUT2D eigenvalue weighted by atomic mass is 16.3. The van der Waals surface area contributed by atoms with E-state index >= 15 is 0 Å². The molecule has 190 valence electrons. The van der Waals surface area contributed by atoms with Crippen LogP contribution in [0.4, 0.5) is 17.1 Å². The number of benzene rings is 4. The number of rotatable bonds is 9. The van der Waals surface area contributed by atoms with Crippen LogP contribution < -0.4 is 4.90 Å². The van der Waals surface area contributed by atoms with Gasteiger partial charge in [0.2, 0.25) is 0 Å². The average molecular weight is 494 g/mol. The maximum absolute atomic E-state index is 9.45. The summed E-state index contributed by atoms with van der Waals surface area (Å²) in [7, 11) is 0. The molecule has 0 saturated carbocycles. The molecule has 1 aliphatic carbocycles. The Balaban J connectivity index is 1.60. The maximum atomic E-state index is 9.45. The van der Waals surface area contributed by atoms with Gasteiger partial charge < -0.3 is 20.2 Å². The van der Waals surface area contributed by atoms with E-state index in [1.807, 2.05) is 0 Å². The second-order valence-corrected chi connectivity index (χ2v) is 10.3. The van der Waals surface area contributed by atoms with Gasteiger partial charge in [0.05, 0.1) is 0 Å². The molecule has 5 rings (SSSR count). The molecule has 0 bridgehead atoms.